The molecule has 2 amide bonds. The molecule has 1 aliphatic heterocycles. The highest BCUT2D eigenvalue weighted by Gasteiger charge is 2.45. The Morgan fingerprint density at radius 1 is 1.07 bits per heavy atom. The SMILES string of the molecule is O=C(CN1C(=O)CC1[S+]([O-])Cc1ccccc1)NCCOCCOc1ccccc1. The maximum absolute atomic E-state index is 12.5. The number of benzene rings is 2. The van der Waals surface area contributed by atoms with Gasteiger partial charge >= 0.3 is 0 Å². The van der Waals surface area contributed by atoms with Gasteiger partial charge in [0.05, 0.1) is 19.6 Å². The molecule has 1 N–H and O–H groups in total. The summed E-state index contributed by atoms with van der Waals surface area (Å²) >= 11 is -1.24. The molecule has 1 aliphatic rings. The fourth-order valence-electron chi connectivity index (χ4n) is 3.00. The largest absolute Gasteiger partial charge is 0.614 e. The summed E-state index contributed by atoms with van der Waals surface area (Å²) in [7, 11) is 0. The summed E-state index contributed by atoms with van der Waals surface area (Å²) in [5.74, 6) is 0.725. The number of ether oxygens (including phenoxy) is 2. The van der Waals surface area contributed by atoms with Crippen LogP contribution in [-0.2, 0) is 31.3 Å². The molecule has 0 bridgehead atoms. The Morgan fingerprint density at radius 2 is 1.77 bits per heavy atom. The molecular weight excluding hydrogens is 404 g/mol. The van der Waals surface area contributed by atoms with Crippen molar-refractivity contribution in [2.45, 2.75) is 17.5 Å². The van der Waals surface area contributed by atoms with Crippen molar-refractivity contribution in [3.63, 3.8) is 0 Å². The second-order valence-electron chi connectivity index (χ2n) is 6.81. The summed E-state index contributed by atoms with van der Waals surface area (Å²) in [5.41, 5.74) is 0.952. The van der Waals surface area contributed by atoms with Crippen molar-refractivity contribution in [2.75, 3.05) is 32.9 Å². The second kappa shape index (κ2) is 11.6. The topological polar surface area (TPSA) is 90.9 Å². The van der Waals surface area contributed by atoms with Crippen LogP contribution in [0, 0.1) is 0 Å². The zero-order valence-corrected chi connectivity index (χ0v) is 17.5. The van der Waals surface area contributed by atoms with Gasteiger partial charge in [0, 0.05) is 12.1 Å². The first-order valence-electron chi connectivity index (χ1n) is 9.86. The van der Waals surface area contributed by atoms with Crippen molar-refractivity contribution in [2.24, 2.45) is 0 Å². The molecule has 1 saturated heterocycles. The summed E-state index contributed by atoms with van der Waals surface area (Å²) in [6.45, 7) is 1.44. The van der Waals surface area contributed by atoms with Gasteiger partial charge in [0.2, 0.25) is 11.8 Å². The summed E-state index contributed by atoms with van der Waals surface area (Å²) in [5, 5.41) is 2.31. The van der Waals surface area contributed by atoms with E-state index in [1.54, 1.807) is 0 Å². The number of para-hydroxylation sites is 1. The predicted octanol–water partition coefficient (Wildman–Crippen LogP) is 1.71. The predicted molar refractivity (Wildman–Crippen MR) is 114 cm³/mol. The minimum absolute atomic E-state index is 0.0822. The zero-order valence-electron chi connectivity index (χ0n) is 16.7. The lowest BCUT2D eigenvalue weighted by Gasteiger charge is -2.39. The lowest BCUT2D eigenvalue weighted by atomic mass is 10.2. The molecule has 30 heavy (non-hydrogen) atoms. The molecule has 1 fully saturated rings. The van der Waals surface area contributed by atoms with E-state index in [4.69, 9.17) is 9.47 Å². The van der Waals surface area contributed by atoms with Gasteiger partial charge < -0.3 is 19.3 Å². The third-order valence-electron chi connectivity index (χ3n) is 4.59. The number of rotatable bonds is 12. The highest BCUT2D eigenvalue weighted by Crippen LogP contribution is 2.26. The fourth-order valence-corrected chi connectivity index (χ4v) is 4.51. The molecule has 2 aromatic rings. The molecule has 2 atom stereocenters. The number of hydrogen-bond acceptors (Lipinski definition) is 5. The molecule has 8 heteroatoms. The van der Waals surface area contributed by atoms with E-state index in [-0.39, 0.29) is 24.8 Å². The third-order valence-corrected chi connectivity index (χ3v) is 6.24. The second-order valence-corrected chi connectivity index (χ2v) is 8.41. The Balaban J connectivity index is 1.28. The van der Waals surface area contributed by atoms with Gasteiger partial charge in [-0.25, -0.2) is 0 Å². The molecule has 0 spiro atoms. The number of β-lactam (4-membered cyclic amide) rings is 1. The van der Waals surface area contributed by atoms with Gasteiger partial charge in [0.25, 0.3) is 0 Å². The quantitative estimate of drug-likeness (QED) is 0.314. The van der Waals surface area contributed by atoms with Gasteiger partial charge in [-0.2, -0.15) is 0 Å². The first-order valence-corrected chi connectivity index (χ1v) is 11.2. The van der Waals surface area contributed by atoms with E-state index < -0.39 is 16.5 Å². The van der Waals surface area contributed by atoms with Crippen molar-refractivity contribution in [3.05, 3.63) is 66.2 Å². The maximum Gasteiger partial charge on any atom is 0.239 e. The molecule has 2 aromatic carbocycles. The zero-order chi connectivity index (χ0) is 21.2. The Morgan fingerprint density at radius 3 is 2.47 bits per heavy atom. The van der Waals surface area contributed by atoms with Crippen molar-refractivity contribution in [3.8, 4) is 5.75 Å². The van der Waals surface area contributed by atoms with E-state index in [1.807, 2.05) is 60.7 Å². The number of likely N-dealkylation sites (tertiary alicyclic amines) is 1. The highest BCUT2D eigenvalue weighted by molar-refractivity contribution is 7.91. The molecule has 0 aliphatic carbocycles. The summed E-state index contributed by atoms with van der Waals surface area (Å²) < 4.78 is 23.5. The minimum atomic E-state index is -1.24. The van der Waals surface area contributed by atoms with Gasteiger partial charge in [-0.05, 0) is 23.3 Å². The van der Waals surface area contributed by atoms with Crippen LogP contribution in [0.15, 0.2) is 60.7 Å². The first kappa shape index (κ1) is 22.1. The molecule has 3 rings (SSSR count). The average molecular weight is 431 g/mol. The van der Waals surface area contributed by atoms with E-state index in [2.05, 4.69) is 5.32 Å². The van der Waals surface area contributed by atoms with Crippen molar-refractivity contribution in [1.29, 1.82) is 0 Å². The lowest BCUT2D eigenvalue weighted by molar-refractivity contribution is -0.145. The van der Waals surface area contributed by atoms with Crippen LogP contribution < -0.4 is 10.1 Å². The smallest absolute Gasteiger partial charge is 0.239 e. The average Bonchev–Trinajstić information content (AvgIpc) is 2.76. The molecule has 0 radical (unpaired) electrons. The van der Waals surface area contributed by atoms with E-state index in [0.717, 1.165) is 11.3 Å². The van der Waals surface area contributed by atoms with Crippen molar-refractivity contribution < 1.29 is 23.6 Å². The monoisotopic (exact) mass is 430 g/mol. The molecule has 7 nitrogen and oxygen atoms in total. The number of nitrogens with zero attached hydrogens (tertiary/aromatic N) is 1. The molecule has 0 saturated carbocycles. The van der Waals surface area contributed by atoms with Crippen molar-refractivity contribution >= 4 is 23.0 Å². The Bertz CT molecular complexity index is 806. The minimum Gasteiger partial charge on any atom is -0.614 e. The van der Waals surface area contributed by atoms with Gasteiger partial charge in [0.1, 0.15) is 24.7 Å². The highest BCUT2D eigenvalue weighted by atomic mass is 32.2. The van der Waals surface area contributed by atoms with Crippen LogP contribution >= 0.6 is 0 Å². The standard InChI is InChI=1S/C22H26N2O5S/c25-20(23-11-12-28-13-14-29-19-9-5-2-6-10-19)16-24-21(26)15-22(24)30(27)17-18-7-3-1-4-8-18/h1-10,22H,11-17H2,(H,23,25). The van der Waals surface area contributed by atoms with E-state index in [9.17, 15) is 14.1 Å². The Hall–Kier alpha value is -2.55. The summed E-state index contributed by atoms with van der Waals surface area (Å²) in [6, 6.07) is 18.9. The number of nitrogens with one attached hydrogen (secondary N) is 1. The maximum atomic E-state index is 12.5. The first-order chi connectivity index (χ1) is 14.6. The van der Waals surface area contributed by atoms with Gasteiger partial charge in [0.15, 0.2) is 5.37 Å². The van der Waals surface area contributed by atoms with Crippen LogP contribution in [0.3, 0.4) is 0 Å². The Labute approximate surface area is 179 Å². The van der Waals surface area contributed by atoms with Crippen LogP contribution in [0.25, 0.3) is 0 Å². The molecule has 2 unspecified atom stereocenters. The van der Waals surface area contributed by atoms with Crippen LogP contribution in [0.4, 0.5) is 0 Å². The van der Waals surface area contributed by atoms with Crippen LogP contribution in [0.2, 0.25) is 0 Å². The van der Waals surface area contributed by atoms with E-state index in [1.165, 1.54) is 4.90 Å². The number of amides is 2. The number of hydrogen-bond donors (Lipinski definition) is 1. The lowest BCUT2D eigenvalue weighted by Crippen LogP contribution is -2.59. The molecule has 0 aromatic heterocycles. The summed E-state index contributed by atoms with van der Waals surface area (Å²) in [4.78, 5) is 25.4. The normalized spacial score (nSPS) is 16.6. The van der Waals surface area contributed by atoms with Gasteiger partial charge in [-0.3, -0.25) is 14.5 Å². The molecular formula is C22H26N2O5S. The number of carbonyl (C=O) groups is 2. The molecule has 160 valence electrons. The fraction of sp³-hybridized carbons (Fsp3) is 0.364. The van der Waals surface area contributed by atoms with Crippen molar-refractivity contribution in [1.82, 2.24) is 10.2 Å². The van der Waals surface area contributed by atoms with Crippen LogP contribution in [0.1, 0.15) is 12.0 Å². The van der Waals surface area contributed by atoms with Crippen LogP contribution in [0.5, 0.6) is 5.75 Å². The van der Waals surface area contributed by atoms with Gasteiger partial charge in [-0.15, -0.1) is 0 Å². The Kier molecular flexibility index (Phi) is 8.55. The third kappa shape index (κ3) is 6.76. The van der Waals surface area contributed by atoms with E-state index >= 15 is 0 Å². The van der Waals surface area contributed by atoms with E-state index in [0.29, 0.717) is 32.1 Å². The number of carbonyl (C=O) groups excluding carboxylic acids is 2. The molecule has 1 heterocycles. The van der Waals surface area contributed by atoms with Gasteiger partial charge in [-0.1, -0.05) is 48.5 Å². The van der Waals surface area contributed by atoms with Crippen LogP contribution in [-0.4, -0.2) is 59.6 Å². The summed E-state index contributed by atoms with van der Waals surface area (Å²) in [6.07, 6.45) is 0.219.